The first kappa shape index (κ1) is 36.6. The van der Waals surface area contributed by atoms with Gasteiger partial charge in [-0.1, -0.05) is 146 Å². The fourth-order valence-electron chi connectivity index (χ4n) is 5.01. The molecule has 0 atom stereocenters. The molecule has 42 heavy (non-hydrogen) atoms. The van der Waals surface area contributed by atoms with Crippen LogP contribution in [0.15, 0.2) is 24.3 Å². The van der Waals surface area contributed by atoms with Gasteiger partial charge < -0.3 is 9.05 Å². The van der Waals surface area contributed by atoms with Crippen LogP contribution in [0.5, 0.6) is 11.5 Å². The molecule has 0 saturated heterocycles. The fourth-order valence-corrected chi connectivity index (χ4v) is 6.22. The first-order valence-corrected chi connectivity index (χ1v) is 17.4. The van der Waals surface area contributed by atoms with Gasteiger partial charge in [-0.05, 0) is 64.2 Å². The van der Waals surface area contributed by atoms with E-state index in [9.17, 15) is 0 Å². The van der Waals surface area contributed by atoms with Gasteiger partial charge in [-0.3, -0.25) is 4.52 Å². The van der Waals surface area contributed by atoms with Gasteiger partial charge in [-0.25, -0.2) is 0 Å². The van der Waals surface area contributed by atoms with Gasteiger partial charge in [0, 0.05) is 11.1 Å². The summed E-state index contributed by atoms with van der Waals surface area (Å²) in [7, 11) is -1.68. The second kappa shape index (κ2) is 14.5. The van der Waals surface area contributed by atoms with E-state index in [2.05, 4.69) is 128 Å². The molecule has 0 N–H and O–H groups in total. The Hall–Kier alpha value is -1.57. The number of benzene rings is 2. The summed E-state index contributed by atoms with van der Waals surface area (Å²) in [5, 5.41) is 0. The summed E-state index contributed by atoms with van der Waals surface area (Å²) in [4.78, 5) is 0. The molecule has 0 fully saturated rings. The molecule has 0 radical (unpaired) electrons. The average Bonchev–Trinajstić information content (AvgIpc) is 2.82. The van der Waals surface area contributed by atoms with Crippen molar-refractivity contribution in [2.24, 2.45) is 0 Å². The number of rotatable bonds is 12. The molecule has 2 rings (SSSR count). The molecular weight excluding hydrogens is 535 g/mol. The Bertz CT molecular complexity index is 1070. The third kappa shape index (κ3) is 10.6. The van der Waals surface area contributed by atoms with Crippen molar-refractivity contribution in [2.75, 3.05) is 6.61 Å². The predicted molar refractivity (Wildman–Crippen MR) is 185 cm³/mol. The van der Waals surface area contributed by atoms with Crippen molar-refractivity contribution in [1.29, 1.82) is 0 Å². The monoisotopic (exact) mass is 598 g/mol. The van der Waals surface area contributed by atoms with Crippen LogP contribution < -0.4 is 9.05 Å². The zero-order valence-electron chi connectivity index (χ0n) is 29.9. The maximum atomic E-state index is 6.86. The van der Waals surface area contributed by atoms with E-state index in [1.807, 2.05) is 0 Å². The number of unbranched alkanes of at least 4 members (excludes halogenated alkanes) is 5. The maximum Gasteiger partial charge on any atom is 0.463 e. The van der Waals surface area contributed by atoms with Gasteiger partial charge in [-0.15, -0.1) is 0 Å². The highest BCUT2D eigenvalue weighted by molar-refractivity contribution is 7.42. The van der Waals surface area contributed by atoms with E-state index in [-0.39, 0.29) is 21.7 Å². The highest BCUT2D eigenvalue weighted by Gasteiger charge is 2.31. The normalized spacial score (nSPS) is 13.1. The van der Waals surface area contributed by atoms with Crippen molar-refractivity contribution >= 4 is 8.60 Å². The lowest BCUT2D eigenvalue weighted by Crippen LogP contribution is -2.20. The van der Waals surface area contributed by atoms with E-state index in [0.29, 0.717) is 6.61 Å². The minimum atomic E-state index is -1.68. The first-order chi connectivity index (χ1) is 19.2. The molecule has 2 aromatic carbocycles. The molecule has 0 saturated carbocycles. The van der Waals surface area contributed by atoms with Gasteiger partial charge in [0.25, 0.3) is 0 Å². The van der Waals surface area contributed by atoms with Crippen molar-refractivity contribution in [3.05, 3.63) is 57.6 Å². The van der Waals surface area contributed by atoms with E-state index in [0.717, 1.165) is 29.0 Å². The molecule has 0 aromatic heterocycles. The molecule has 0 aliphatic rings. The van der Waals surface area contributed by atoms with Gasteiger partial charge in [0.15, 0.2) is 0 Å². The molecule has 0 amide bonds. The van der Waals surface area contributed by atoms with Gasteiger partial charge in [0.1, 0.15) is 11.5 Å². The number of aryl methyl sites for hydroxylation is 2. The van der Waals surface area contributed by atoms with Crippen molar-refractivity contribution in [2.45, 2.75) is 164 Å². The van der Waals surface area contributed by atoms with Crippen molar-refractivity contribution in [3.63, 3.8) is 0 Å². The van der Waals surface area contributed by atoms with E-state index in [4.69, 9.17) is 13.6 Å². The topological polar surface area (TPSA) is 27.7 Å². The smallest absolute Gasteiger partial charge is 0.417 e. The molecule has 0 aliphatic heterocycles. The van der Waals surface area contributed by atoms with Gasteiger partial charge in [0.05, 0.1) is 6.61 Å². The van der Waals surface area contributed by atoms with E-state index in [1.165, 1.54) is 54.4 Å². The van der Waals surface area contributed by atoms with Gasteiger partial charge in [-0.2, -0.15) is 0 Å². The largest absolute Gasteiger partial charge is 0.463 e. The molecule has 3 nitrogen and oxygen atoms in total. The van der Waals surface area contributed by atoms with E-state index < -0.39 is 8.60 Å². The predicted octanol–water partition coefficient (Wildman–Crippen LogP) is 12.6. The Balaban J connectivity index is 2.55. The van der Waals surface area contributed by atoms with Crippen LogP contribution in [0.25, 0.3) is 0 Å². The molecule has 4 heteroatoms. The summed E-state index contributed by atoms with van der Waals surface area (Å²) in [6, 6.07) is 9.20. The Morgan fingerprint density at radius 2 is 0.905 bits per heavy atom. The summed E-state index contributed by atoms with van der Waals surface area (Å²) < 4.78 is 20.2. The van der Waals surface area contributed by atoms with Crippen LogP contribution in [-0.2, 0) is 26.2 Å². The molecule has 0 heterocycles. The molecule has 0 bridgehead atoms. The summed E-state index contributed by atoms with van der Waals surface area (Å²) in [5.74, 6) is 1.79. The Morgan fingerprint density at radius 3 is 1.26 bits per heavy atom. The lowest BCUT2D eigenvalue weighted by molar-refractivity contribution is 0.255. The summed E-state index contributed by atoms with van der Waals surface area (Å²) in [6.07, 6.45) is 7.29. The maximum absolute atomic E-state index is 6.86. The number of hydrogen-bond donors (Lipinski definition) is 0. The zero-order valence-corrected chi connectivity index (χ0v) is 30.8. The van der Waals surface area contributed by atoms with Crippen molar-refractivity contribution in [1.82, 2.24) is 0 Å². The second-order valence-electron chi connectivity index (χ2n) is 16.3. The van der Waals surface area contributed by atoms with Crippen LogP contribution in [0.4, 0.5) is 0 Å². The number of hydrogen-bond acceptors (Lipinski definition) is 3. The summed E-state index contributed by atoms with van der Waals surface area (Å²) >= 11 is 0. The highest BCUT2D eigenvalue weighted by Crippen LogP contribution is 2.50. The molecular formula is C38H63O3P. The third-order valence-corrected chi connectivity index (χ3v) is 8.98. The third-order valence-electron chi connectivity index (χ3n) is 7.92. The first-order valence-electron chi connectivity index (χ1n) is 16.3. The Morgan fingerprint density at radius 1 is 0.524 bits per heavy atom. The highest BCUT2D eigenvalue weighted by atomic mass is 31.2. The molecule has 0 spiro atoms. The van der Waals surface area contributed by atoms with Crippen molar-refractivity contribution < 1.29 is 13.6 Å². The van der Waals surface area contributed by atoms with Crippen LogP contribution >= 0.6 is 8.60 Å². The zero-order chi connectivity index (χ0) is 32.1. The van der Waals surface area contributed by atoms with Crippen LogP contribution in [0.3, 0.4) is 0 Å². The van der Waals surface area contributed by atoms with Gasteiger partial charge in [0.2, 0.25) is 0 Å². The van der Waals surface area contributed by atoms with Crippen LogP contribution in [-0.4, -0.2) is 6.61 Å². The van der Waals surface area contributed by atoms with Gasteiger partial charge >= 0.3 is 8.60 Å². The van der Waals surface area contributed by atoms with E-state index in [1.54, 1.807) is 0 Å². The fraction of sp³-hybridized carbons (Fsp3) is 0.684. The lowest BCUT2D eigenvalue weighted by atomic mass is 9.79. The van der Waals surface area contributed by atoms with Crippen LogP contribution in [0.2, 0.25) is 0 Å². The molecule has 2 aromatic rings. The Labute approximate surface area is 261 Å². The standard InChI is InChI=1S/C38H63O3P/c1-16-17-18-19-20-21-22-39-42(40-33-27(2)23-29(35(4,5)6)25-31(33)37(10,11)12)41-34-28(3)24-30(36(7,8)9)26-32(34)38(13,14)15/h23-26H,16-22H2,1-15H3. The van der Waals surface area contributed by atoms with Crippen LogP contribution in [0.1, 0.15) is 162 Å². The van der Waals surface area contributed by atoms with Crippen molar-refractivity contribution in [3.8, 4) is 11.5 Å². The summed E-state index contributed by atoms with van der Waals surface area (Å²) in [5.41, 5.74) is 7.19. The molecule has 0 aliphatic carbocycles. The molecule has 0 unspecified atom stereocenters. The van der Waals surface area contributed by atoms with E-state index >= 15 is 0 Å². The minimum absolute atomic E-state index is 0.0479. The SMILES string of the molecule is CCCCCCCCOP(Oc1c(C)cc(C(C)(C)C)cc1C(C)(C)C)Oc1c(C)cc(C(C)(C)C)cc1C(C)(C)C. The summed E-state index contributed by atoms with van der Waals surface area (Å²) in [6.45, 7) is 34.4. The molecule has 238 valence electrons. The average molecular weight is 599 g/mol. The quantitative estimate of drug-likeness (QED) is 0.180. The Kier molecular flexibility index (Phi) is 12.6. The second-order valence-corrected chi connectivity index (χ2v) is 17.4. The lowest BCUT2D eigenvalue weighted by Gasteiger charge is -2.31. The minimum Gasteiger partial charge on any atom is -0.417 e. The van der Waals surface area contributed by atoms with Crippen LogP contribution in [0, 0.1) is 13.8 Å².